The maximum Gasteiger partial charge on any atom is 0.426 e. The van der Waals surface area contributed by atoms with Gasteiger partial charge in [0, 0.05) is 13.1 Å². The summed E-state index contributed by atoms with van der Waals surface area (Å²) in [5, 5.41) is 16.9. The Hall–Kier alpha value is -1.89. The summed E-state index contributed by atoms with van der Waals surface area (Å²) in [4.78, 5) is 32.9. The topological polar surface area (TPSA) is 107 Å². The van der Waals surface area contributed by atoms with Crippen LogP contribution >= 0.6 is 0 Å². The lowest BCUT2D eigenvalue weighted by atomic mass is 9.84. The molecule has 1 saturated carbocycles. The van der Waals surface area contributed by atoms with E-state index in [1.54, 1.807) is 5.06 Å². The van der Waals surface area contributed by atoms with Crippen molar-refractivity contribution in [3.8, 4) is 6.07 Å². The number of amides is 2. The van der Waals surface area contributed by atoms with Crippen molar-refractivity contribution in [2.45, 2.75) is 56.5 Å². The van der Waals surface area contributed by atoms with Crippen LogP contribution in [0.2, 0.25) is 0 Å². The molecule has 162 valence electrons. The molecule has 2 unspecified atom stereocenters. The number of likely N-dealkylation sites (N-methyl/N-ethyl adjacent to an activating group) is 1. The molecule has 0 aromatic carbocycles. The maximum atomic E-state index is 13.1. The number of hydroxylamine groups is 2. The van der Waals surface area contributed by atoms with E-state index in [0.29, 0.717) is 51.6 Å². The van der Waals surface area contributed by atoms with Gasteiger partial charge in [-0.25, -0.2) is 4.79 Å². The fourth-order valence-corrected chi connectivity index (χ4v) is 4.46. The zero-order valence-corrected chi connectivity index (χ0v) is 17.3. The molecule has 3 aliphatic rings. The molecule has 29 heavy (non-hydrogen) atoms. The minimum atomic E-state index is -0.896. The standard InChI is InChI=1S/C20H33N5O4/c1-24-8-7-20(14-21,15-24)23-18(26)17(13-16-5-3-2-4-6-16)22-19(27)29-25-9-11-28-12-10-25/h16-17H,2-13,15H2,1H3,(H,22,27)(H,23,26). The van der Waals surface area contributed by atoms with Crippen LogP contribution in [0.5, 0.6) is 0 Å². The number of carbonyl (C=O) groups excluding carboxylic acids is 2. The Morgan fingerprint density at radius 1 is 1.24 bits per heavy atom. The fourth-order valence-electron chi connectivity index (χ4n) is 4.46. The van der Waals surface area contributed by atoms with Crippen LogP contribution in [0.4, 0.5) is 4.79 Å². The second-order valence-corrected chi connectivity index (χ2v) is 8.53. The number of nitrogens with zero attached hydrogens (tertiary/aromatic N) is 3. The summed E-state index contributed by atoms with van der Waals surface area (Å²) >= 11 is 0. The van der Waals surface area contributed by atoms with Gasteiger partial charge in [0.15, 0.2) is 0 Å². The van der Waals surface area contributed by atoms with E-state index in [1.165, 1.54) is 6.42 Å². The smallest absolute Gasteiger partial charge is 0.379 e. The Morgan fingerprint density at radius 2 is 1.97 bits per heavy atom. The van der Waals surface area contributed by atoms with Crippen LogP contribution in [-0.2, 0) is 14.4 Å². The van der Waals surface area contributed by atoms with Gasteiger partial charge in [0.2, 0.25) is 5.91 Å². The van der Waals surface area contributed by atoms with Crippen LogP contribution in [0.25, 0.3) is 0 Å². The monoisotopic (exact) mass is 407 g/mol. The molecule has 2 heterocycles. The summed E-state index contributed by atoms with van der Waals surface area (Å²) < 4.78 is 5.26. The van der Waals surface area contributed by atoms with Gasteiger partial charge in [-0.3, -0.25) is 4.79 Å². The first kappa shape index (κ1) is 21.8. The van der Waals surface area contributed by atoms with Gasteiger partial charge in [0.25, 0.3) is 0 Å². The highest BCUT2D eigenvalue weighted by molar-refractivity contribution is 5.86. The van der Waals surface area contributed by atoms with Crippen molar-refractivity contribution < 1.29 is 19.2 Å². The van der Waals surface area contributed by atoms with E-state index in [0.717, 1.165) is 32.2 Å². The zero-order chi connectivity index (χ0) is 20.7. The minimum Gasteiger partial charge on any atom is -0.379 e. The third-order valence-electron chi connectivity index (χ3n) is 6.12. The molecule has 9 heteroatoms. The highest BCUT2D eigenvalue weighted by atomic mass is 16.7. The van der Waals surface area contributed by atoms with E-state index in [2.05, 4.69) is 16.7 Å². The summed E-state index contributed by atoms with van der Waals surface area (Å²) in [7, 11) is 1.93. The molecule has 3 rings (SSSR count). The molecule has 2 saturated heterocycles. The number of carbonyl (C=O) groups is 2. The normalized spacial score (nSPS) is 27.7. The highest BCUT2D eigenvalue weighted by Gasteiger charge is 2.40. The van der Waals surface area contributed by atoms with Gasteiger partial charge in [0.1, 0.15) is 11.6 Å². The Kier molecular flexibility index (Phi) is 7.70. The van der Waals surface area contributed by atoms with Crippen LogP contribution in [-0.4, -0.2) is 80.0 Å². The van der Waals surface area contributed by atoms with Gasteiger partial charge in [-0.05, 0) is 25.8 Å². The average Bonchev–Trinajstić information content (AvgIpc) is 3.10. The summed E-state index contributed by atoms with van der Waals surface area (Å²) in [6.45, 7) is 3.29. The van der Waals surface area contributed by atoms with Gasteiger partial charge in [-0.15, -0.1) is 5.06 Å². The second kappa shape index (κ2) is 10.2. The number of morpholine rings is 1. The summed E-state index contributed by atoms with van der Waals surface area (Å²) in [5.41, 5.74) is -0.896. The van der Waals surface area contributed by atoms with E-state index in [1.807, 2.05) is 11.9 Å². The van der Waals surface area contributed by atoms with E-state index in [4.69, 9.17) is 9.57 Å². The molecule has 0 aromatic rings. The third kappa shape index (κ3) is 6.29. The summed E-state index contributed by atoms with van der Waals surface area (Å²) in [6, 6.07) is 1.57. The van der Waals surface area contributed by atoms with Gasteiger partial charge in [-0.1, -0.05) is 32.1 Å². The molecular formula is C20H33N5O4. The first-order valence-electron chi connectivity index (χ1n) is 10.7. The summed E-state index contributed by atoms with van der Waals surface area (Å²) in [6.07, 6.45) is 6.20. The Balaban J connectivity index is 1.62. The third-order valence-corrected chi connectivity index (χ3v) is 6.12. The molecule has 1 aliphatic carbocycles. The van der Waals surface area contributed by atoms with Crippen molar-refractivity contribution in [2.24, 2.45) is 5.92 Å². The SMILES string of the molecule is CN1CCC(C#N)(NC(=O)C(CC2CCCCC2)NC(=O)ON2CCOCC2)C1. The lowest BCUT2D eigenvalue weighted by Gasteiger charge is -2.30. The lowest BCUT2D eigenvalue weighted by Crippen LogP contribution is -2.57. The lowest BCUT2D eigenvalue weighted by molar-refractivity contribution is -0.147. The highest BCUT2D eigenvalue weighted by Crippen LogP contribution is 2.28. The molecular weight excluding hydrogens is 374 g/mol. The molecule has 2 amide bonds. The van der Waals surface area contributed by atoms with Crippen molar-refractivity contribution >= 4 is 12.0 Å². The van der Waals surface area contributed by atoms with Gasteiger partial charge < -0.3 is 25.1 Å². The van der Waals surface area contributed by atoms with Crippen molar-refractivity contribution in [1.29, 1.82) is 5.26 Å². The Bertz CT molecular complexity index is 612. The van der Waals surface area contributed by atoms with Gasteiger partial charge in [0.05, 0.1) is 32.4 Å². The number of hydrogen-bond acceptors (Lipinski definition) is 7. The van der Waals surface area contributed by atoms with Crippen molar-refractivity contribution in [3.05, 3.63) is 0 Å². The Morgan fingerprint density at radius 3 is 2.59 bits per heavy atom. The molecule has 2 aliphatic heterocycles. The van der Waals surface area contributed by atoms with Gasteiger partial charge in [-0.2, -0.15) is 5.26 Å². The van der Waals surface area contributed by atoms with E-state index in [9.17, 15) is 14.9 Å². The van der Waals surface area contributed by atoms with Gasteiger partial charge >= 0.3 is 6.09 Å². The van der Waals surface area contributed by atoms with E-state index < -0.39 is 17.7 Å². The minimum absolute atomic E-state index is 0.300. The molecule has 9 nitrogen and oxygen atoms in total. The Labute approximate surface area is 172 Å². The molecule has 0 bridgehead atoms. The number of likely N-dealkylation sites (tertiary alicyclic amines) is 1. The largest absolute Gasteiger partial charge is 0.426 e. The van der Waals surface area contributed by atoms with Crippen molar-refractivity contribution in [2.75, 3.05) is 46.4 Å². The quantitative estimate of drug-likeness (QED) is 0.677. The number of ether oxygens (including phenoxy) is 1. The first-order chi connectivity index (χ1) is 14.0. The number of nitriles is 1. The zero-order valence-electron chi connectivity index (χ0n) is 17.3. The van der Waals surface area contributed by atoms with Crippen molar-refractivity contribution in [1.82, 2.24) is 20.6 Å². The average molecular weight is 408 g/mol. The molecule has 2 N–H and O–H groups in total. The van der Waals surface area contributed by atoms with Crippen LogP contribution in [0, 0.1) is 17.2 Å². The fraction of sp³-hybridized carbons (Fsp3) is 0.850. The molecule has 0 aromatic heterocycles. The van der Waals surface area contributed by atoms with Crippen LogP contribution < -0.4 is 10.6 Å². The van der Waals surface area contributed by atoms with E-state index in [-0.39, 0.29) is 5.91 Å². The maximum absolute atomic E-state index is 13.1. The number of hydrogen-bond donors (Lipinski definition) is 2. The second-order valence-electron chi connectivity index (χ2n) is 8.53. The molecule has 2 atom stereocenters. The number of rotatable bonds is 6. The predicted molar refractivity (Wildman–Crippen MR) is 106 cm³/mol. The van der Waals surface area contributed by atoms with Crippen molar-refractivity contribution in [3.63, 3.8) is 0 Å². The summed E-state index contributed by atoms with van der Waals surface area (Å²) in [5.74, 6) is 0.0961. The van der Waals surface area contributed by atoms with E-state index >= 15 is 0 Å². The molecule has 0 spiro atoms. The first-order valence-corrected chi connectivity index (χ1v) is 10.7. The molecule has 3 fully saturated rings. The molecule has 0 radical (unpaired) electrons. The number of nitrogens with one attached hydrogen (secondary N) is 2. The van der Waals surface area contributed by atoms with Crippen LogP contribution in [0.15, 0.2) is 0 Å². The van der Waals surface area contributed by atoms with Crippen LogP contribution in [0.3, 0.4) is 0 Å². The predicted octanol–water partition coefficient (Wildman–Crippen LogP) is 1.01. The van der Waals surface area contributed by atoms with Crippen LogP contribution in [0.1, 0.15) is 44.9 Å².